The van der Waals surface area contributed by atoms with Crippen molar-refractivity contribution in [2.45, 2.75) is 56.4 Å². The number of amides is 1. The van der Waals surface area contributed by atoms with Gasteiger partial charge >= 0.3 is 18.3 Å². The summed E-state index contributed by atoms with van der Waals surface area (Å²) in [5.74, 6) is -8.06. The fraction of sp³-hybridized carbons (Fsp3) is 0.833. The van der Waals surface area contributed by atoms with Gasteiger partial charge in [-0.3, -0.25) is 9.59 Å². The van der Waals surface area contributed by atoms with Crippen LogP contribution in [0.2, 0.25) is 0 Å². The van der Waals surface area contributed by atoms with Crippen molar-refractivity contribution in [3.63, 3.8) is 0 Å². The summed E-state index contributed by atoms with van der Waals surface area (Å²) >= 11 is 0. The first kappa shape index (κ1) is 16.7. The maximum absolute atomic E-state index is 13.2. The Hall–Kier alpha value is -1.34. The van der Waals surface area contributed by atoms with Crippen LogP contribution in [-0.4, -0.2) is 46.8 Å². The number of nitrogens with zero attached hydrogens (tertiary/aromatic N) is 1. The molecule has 1 aliphatic carbocycles. The van der Waals surface area contributed by atoms with E-state index in [1.165, 1.54) is 0 Å². The molecule has 0 atom stereocenters. The average Bonchev–Trinajstić information content (AvgIpc) is 2.36. The molecule has 1 amide bonds. The standard InChI is InChI=1S/C12H17F4NO3/c1-17(10(20)12(15,16)9(13)14)11(7-8(18)19)5-3-2-4-6-11/h9H,2-7H2,1H3,(H,18,19). The normalized spacial score (nSPS) is 18.9. The number of carboxylic acids is 1. The molecule has 20 heavy (non-hydrogen) atoms. The van der Waals surface area contributed by atoms with Gasteiger partial charge in [-0.1, -0.05) is 19.3 Å². The van der Waals surface area contributed by atoms with Crippen molar-refractivity contribution < 1.29 is 32.3 Å². The van der Waals surface area contributed by atoms with Crippen molar-refractivity contribution in [1.82, 2.24) is 4.90 Å². The lowest BCUT2D eigenvalue weighted by Crippen LogP contribution is -2.58. The Morgan fingerprint density at radius 2 is 1.75 bits per heavy atom. The van der Waals surface area contributed by atoms with Gasteiger partial charge in [-0.25, -0.2) is 8.78 Å². The number of hydrogen-bond acceptors (Lipinski definition) is 2. The van der Waals surface area contributed by atoms with E-state index in [1.807, 2.05) is 0 Å². The van der Waals surface area contributed by atoms with Gasteiger partial charge in [0.2, 0.25) is 0 Å². The van der Waals surface area contributed by atoms with Crippen molar-refractivity contribution in [2.75, 3.05) is 7.05 Å². The van der Waals surface area contributed by atoms with Crippen LogP contribution in [0.25, 0.3) is 0 Å². The Kier molecular flexibility index (Phi) is 4.99. The molecule has 0 saturated heterocycles. The molecule has 8 heteroatoms. The molecule has 1 aliphatic rings. The molecule has 0 aromatic carbocycles. The zero-order valence-electron chi connectivity index (χ0n) is 11.0. The lowest BCUT2D eigenvalue weighted by molar-refractivity contribution is -0.186. The highest BCUT2D eigenvalue weighted by Crippen LogP contribution is 2.38. The predicted octanol–water partition coefficient (Wildman–Crippen LogP) is 2.52. The van der Waals surface area contributed by atoms with Crippen molar-refractivity contribution >= 4 is 11.9 Å². The fourth-order valence-electron chi connectivity index (χ4n) is 2.65. The van der Waals surface area contributed by atoms with Gasteiger partial charge in [0, 0.05) is 7.05 Å². The van der Waals surface area contributed by atoms with Crippen LogP contribution in [0.4, 0.5) is 17.6 Å². The van der Waals surface area contributed by atoms with Gasteiger partial charge in [0.1, 0.15) is 0 Å². The van der Waals surface area contributed by atoms with E-state index >= 15 is 0 Å². The third-order valence-corrected chi connectivity index (χ3v) is 3.84. The minimum Gasteiger partial charge on any atom is -0.481 e. The maximum Gasteiger partial charge on any atom is 0.383 e. The van der Waals surface area contributed by atoms with Crippen LogP contribution in [0, 0.1) is 0 Å². The van der Waals surface area contributed by atoms with E-state index in [-0.39, 0.29) is 12.8 Å². The highest BCUT2D eigenvalue weighted by atomic mass is 19.3. The fourth-order valence-corrected chi connectivity index (χ4v) is 2.65. The van der Waals surface area contributed by atoms with Gasteiger partial charge in [-0.15, -0.1) is 0 Å². The molecule has 0 aromatic rings. The summed E-state index contributed by atoms with van der Waals surface area (Å²) < 4.78 is 50.9. The van der Waals surface area contributed by atoms with Crippen LogP contribution in [0.3, 0.4) is 0 Å². The van der Waals surface area contributed by atoms with Crippen LogP contribution in [0.1, 0.15) is 38.5 Å². The predicted molar refractivity (Wildman–Crippen MR) is 61.8 cm³/mol. The molecule has 0 unspecified atom stereocenters. The summed E-state index contributed by atoms with van der Waals surface area (Å²) in [4.78, 5) is 23.0. The summed E-state index contributed by atoms with van der Waals surface area (Å²) in [5.41, 5.74) is -1.31. The molecule has 1 fully saturated rings. The van der Waals surface area contributed by atoms with Gasteiger partial charge in [0.25, 0.3) is 5.91 Å². The lowest BCUT2D eigenvalue weighted by Gasteiger charge is -2.44. The Morgan fingerprint density at radius 1 is 1.25 bits per heavy atom. The summed E-state index contributed by atoms with van der Waals surface area (Å²) in [6.07, 6.45) is -2.23. The summed E-state index contributed by atoms with van der Waals surface area (Å²) in [7, 11) is 0.979. The van der Waals surface area contributed by atoms with Crippen LogP contribution >= 0.6 is 0 Å². The zero-order valence-corrected chi connectivity index (χ0v) is 11.0. The molecule has 1 rings (SSSR count). The number of rotatable bonds is 5. The van der Waals surface area contributed by atoms with Crippen molar-refractivity contribution in [3.05, 3.63) is 0 Å². The van der Waals surface area contributed by atoms with E-state index in [1.54, 1.807) is 0 Å². The lowest BCUT2D eigenvalue weighted by atomic mass is 9.78. The number of carbonyl (C=O) groups is 2. The number of hydrogen-bond donors (Lipinski definition) is 1. The van der Waals surface area contributed by atoms with E-state index in [2.05, 4.69) is 0 Å². The third kappa shape index (κ3) is 3.21. The van der Waals surface area contributed by atoms with E-state index in [4.69, 9.17) is 5.11 Å². The van der Waals surface area contributed by atoms with E-state index in [9.17, 15) is 27.2 Å². The molecule has 1 saturated carbocycles. The number of alkyl halides is 4. The van der Waals surface area contributed by atoms with Crippen molar-refractivity contribution in [3.8, 4) is 0 Å². The van der Waals surface area contributed by atoms with Crippen LogP contribution < -0.4 is 0 Å². The van der Waals surface area contributed by atoms with Crippen LogP contribution in [-0.2, 0) is 9.59 Å². The van der Waals surface area contributed by atoms with Crippen LogP contribution in [0.15, 0.2) is 0 Å². The molecule has 4 nitrogen and oxygen atoms in total. The molecule has 0 spiro atoms. The van der Waals surface area contributed by atoms with E-state index in [0.29, 0.717) is 17.7 Å². The highest BCUT2D eigenvalue weighted by molar-refractivity contribution is 5.85. The maximum atomic E-state index is 13.2. The van der Waals surface area contributed by atoms with Gasteiger partial charge in [0.05, 0.1) is 12.0 Å². The molecule has 0 heterocycles. The number of carbonyl (C=O) groups excluding carboxylic acids is 1. The second-order valence-corrected chi connectivity index (χ2v) is 5.14. The first-order valence-electron chi connectivity index (χ1n) is 6.29. The molecule has 1 N–H and O–H groups in total. The zero-order chi connectivity index (χ0) is 15.6. The Bertz CT molecular complexity index is 381. The SMILES string of the molecule is CN(C(=O)C(F)(F)C(F)F)C1(CC(=O)O)CCCCC1. The Morgan fingerprint density at radius 3 is 2.15 bits per heavy atom. The molecular formula is C12H17F4NO3. The van der Waals surface area contributed by atoms with E-state index in [0.717, 1.165) is 13.5 Å². The topological polar surface area (TPSA) is 57.6 Å². The third-order valence-electron chi connectivity index (χ3n) is 3.84. The van der Waals surface area contributed by atoms with Gasteiger partial charge in [0.15, 0.2) is 0 Å². The second-order valence-electron chi connectivity index (χ2n) is 5.14. The molecule has 0 bridgehead atoms. The summed E-state index contributed by atoms with van der Waals surface area (Å²) in [6.45, 7) is 0. The first-order chi connectivity index (χ1) is 9.13. The second kappa shape index (κ2) is 5.97. The highest BCUT2D eigenvalue weighted by Gasteiger charge is 2.54. The quantitative estimate of drug-likeness (QED) is 0.794. The number of aliphatic carboxylic acids is 1. The minimum absolute atomic E-state index is 0.223. The van der Waals surface area contributed by atoms with Crippen LogP contribution in [0.5, 0.6) is 0 Å². The van der Waals surface area contributed by atoms with Crippen molar-refractivity contribution in [2.24, 2.45) is 0 Å². The largest absolute Gasteiger partial charge is 0.481 e. The average molecular weight is 299 g/mol. The smallest absolute Gasteiger partial charge is 0.383 e. The van der Waals surface area contributed by atoms with Gasteiger partial charge < -0.3 is 10.0 Å². The molecule has 0 aliphatic heterocycles. The summed E-state index contributed by atoms with van der Waals surface area (Å²) in [6, 6.07) is 0. The molecule has 116 valence electrons. The first-order valence-corrected chi connectivity index (χ1v) is 6.29. The Balaban J connectivity index is 3.02. The summed E-state index contributed by atoms with van der Waals surface area (Å²) in [5, 5.41) is 8.90. The van der Waals surface area contributed by atoms with Crippen molar-refractivity contribution in [1.29, 1.82) is 0 Å². The minimum atomic E-state index is -4.79. The van der Waals surface area contributed by atoms with Gasteiger partial charge in [-0.05, 0) is 12.8 Å². The Labute approximate surface area is 113 Å². The number of halogens is 4. The molecular weight excluding hydrogens is 282 g/mol. The number of carboxylic acid groups (broad SMARTS) is 1. The monoisotopic (exact) mass is 299 g/mol. The molecule has 0 aromatic heterocycles. The van der Waals surface area contributed by atoms with Gasteiger partial charge in [-0.2, -0.15) is 8.78 Å². The van der Waals surface area contributed by atoms with E-state index < -0.39 is 36.2 Å². The molecule has 0 radical (unpaired) electrons.